The first-order chi connectivity index (χ1) is 6.33. The normalized spacial score (nSPS) is 18.2. The Morgan fingerprint density at radius 1 is 1.69 bits per heavy atom. The molecule has 1 aliphatic carbocycles. The van der Waals surface area contributed by atoms with Crippen LogP contribution in [-0.2, 0) is 4.74 Å². The quantitative estimate of drug-likeness (QED) is 0.530. The molecule has 0 aromatic carbocycles. The van der Waals surface area contributed by atoms with Gasteiger partial charge in [0, 0.05) is 12.8 Å². The first-order valence-electron chi connectivity index (χ1n) is 4.50. The second-order valence-electron chi connectivity index (χ2n) is 3.01. The van der Waals surface area contributed by atoms with Crippen molar-refractivity contribution >= 4 is 5.84 Å². The summed E-state index contributed by atoms with van der Waals surface area (Å²) in [4.78, 5) is 4.27. The highest BCUT2D eigenvalue weighted by atomic mass is 16.5. The summed E-state index contributed by atoms with van der Waals surface area (Å²) in [6.07, 6.45) is 9.46. The number of ether oxygens (including phenoxy) is 1. The fourth-order valence-corrected chi connectivity index (χ4v) is 1.22. The minimum Gasteiger partial charge on any atom is -0.385 e. The molecule has 0 saturated carbocycles. The van der Waals surface area contributed by atoms with Crippen LogP contribution in [0.1, 0.15) is 19.3 Å². The van der Waals surface area contributed by atoms with Crippen molar-refractivity contribution in [3.8, 4) is 0 Å². The van der Waals surface area contributed by atoms with E-state index in [9.17, 15) is 0 Å². The van der Waals surface area contributed by atoms with Crippen LogP contribution < -0.4 is 5.73 Å². The van der Waals surface area contributed by atoms with Gasteiger partial charge in [-0.15, -0.1) is 0 Å². The summed E-state index contributed by atoms with van der Waals surface area (Å²) in [5.74, 6) is 0.545. The van der Waals surface area contributed by atoms with Gasteiger partial charge in [0.1, 0.15) is 12.4 Å². The number of hydrogen-bond acceptors (Lipinski definition) is 2. The van der Waals surface area contributed by atoms with Crippen molar-refractivity contribution in [2.45, 2.75) is 19.3 Å². The van der Waals surface area contributed by atoms with Gasteiger partial charge in [0.05, 0.1) is 0 Å². The van der Waals surface area contributed by atoms with E-state index in [4.69, 9.17) is 10.5 Å². The molecule has 0 saturated heterocycles. The van der Waals surface area contributed by atoms with Crippen molar-refractivity contribution in [1.82, 2.24) is 0 Å². The molecule has 3 nitrogen and oxygen atoms in total. The summed E-state index contributed by atoms with van der Waals surface area (Å²) < 4.78 is 4.88. The van der Waals surface area contributed by atoms with Crippen molar-refractivity contribution in [2.24, 2.45) is 10.7 Å². The van der Waals surface area contributed by atoms with Gasteiger partial charge in [-0.1, -0.05) is 12.2 Å². The molecule has 0 atom stereocenters. The van der Waals surface area contributed by atoms with Gasteiger partial charge >= 0.3 is 0 Å². The molecule has 72 valence electrons. The van der Waals surface area contributed by atoms with Crippen molar-refractivity contribution in [3.05, 3.63) is 23.9 Å². The molecule has 0 aliphatic heterocycles. The Labute approximate surface area is 79.0 Å². The van der Waals surface area contributed by atoms with Crippen molar-refractivity contribution in [3.63, 3.8) is 0 Å². The summed E-state index contributed by atoms with van der Waals surface area (Å²) >= 11 is 0. The SMILES string of the molecule is COCC(N)=NC1=CC=CCCC1. The van der Waals surface area contributed by atoms with Gasteiger partial charge in [0.25, 0.3) is 0 Å². The Morgan fingerprint density at radius 3 is 3.31 bits per heavy atom. The number of amidine groups is 1. The van der Waals surface area contributed by atoms with E-state index in [-0.39, 0.29) is 0 Å². The van der Waals surface area contributed by atoms with E-state index >= 15 is 0 Å². The molecular weight excluding hydrogens is 164 g/mol. The topological polar surface area (TPSA) is 47.6 Å². The molecule has 0 spiro atoms. The monoisotopic (exact) mass is 180 g/mol. The number of methoxy groups -OCH3 is 1. The second kappa shape index (κ2) is 5.54. The van der Waals surface area contributed by atoms with Gasteiger partial charge in [-0.05, 0) is 25.3 Å². The molecule has 0 aromatic heterocycles. The van der Waals surface area contributed by atoms with E-state index in [0.29, 0.717) is 12.4 Å². The molecule has 0 fully saturated rings. The van der Waals surface area contributed by atoms with Crippen LogP contribution in [0.15, 0.2) is 28.9 Å². The van der Waals surface area contributed by atoms with E-state index in [0.717, 1.165) is 25.0 Å². The van der Waals surface area contributed by atoms with Gasteiger partial charge in [-0.2, -0.15) is 0 Å². The van der Waals surface area contributed by atoms with E-state index in [1.54, 1.807) is 7.11 Å². The van der Waals surface area contributed by atoms with Crippen LogP contribution in [0.4, 0.5) is 0 Å². The molecule has 13 heavy (non-hydrogen) atoms. The highest BCUT2D eigenvalue weighted by Gasteiger charge is 1.98. The van der Waals surface area contributed by atoms with E-state index < -0.39 is 0 Å². The van der Waals surface area contributed by atoms with Gasteiger partial charge in [0.2, 0.25) is 0 Å². The maximum atomic E-state index is 5.63. The second-order valence-corrected chi connectivity index (χ2v) is 3.01. The minimum absolute atomic E-state index is 0.404. The number of nitrogens with zero attached hydrogens (tertiary/aromatic N) is 1. The Bertz CT molecular complexity index is 241. The highest BCUT2D eigenvalue weighted by Crippen LogP contribution is 2.13. The zero-order chi connectivity index (χ0) is 9.52. The smallest absolute Gasteiger partial charge is 0.125 e. The molecule has 0 bridgehead atoms. The third-order valence-electron chi connectivity index (χ3n) is 1.81. The molecule has 0 aromatic rings. The van der Waals surface area contributed by atoms with Gasteiger partial charge in [0.15, 0.2) is 0 Å². The number of nitrogens with two attached hydrogens (primary N) is 1. The van der Waals surface area contributed by atoms with Crippen molar-refractivity contribution in [1.29, 1.82) is 0 Å². The van der Waals surface area contributed by atoms with Crippen LogP contribution in [0.5, 0.6) is 0 Å². The molecule has 1 rings (SSSR count). The standard InChI is InChI=1S/C10H16N2O/c1-13-8-10(11)12-9-6-4-2-3-5-7-9/h2,4,6H,3,5,7-8H2,1H3,(H2,11,12). The molecule has 2 N–H and O–H groups in total. The Kier molecular flexibility index (Phi) is 4.26. The maximum absolute atomic E-state index is 5.63. The zero-order valence-electron chi connectivity index (χ0n) is 7.99. The van der Waals surface area contributed by atoms with E-state index in [2.05, 4.69) is 11.1 Å². The third-order valence-corrected chi connectivity index (χ3v) is 1.81. The van der Waals surface area contributed by atoms with Crippen LogP contribution in [0.3, 0.4) is 0 Å². The number of rotatable bonds is 3. The number of aliphatic imine (C=N–C) groups is 1. The van der Waals surface area contributed by atoms with Gasteiger partial charge in [-0.3, -0.25) is 0 Å². The van der Waals surface area contributed by atoms with Crippen molar-refractivity contribution < 1.29 is 4.74 Å². The summed E-state index contributed by atoms with van der Waals surface area (Å²) in [7, 11) is 1.61. The molecule has 0 heterocycles. The van der Waals surface area contributed by atoms with Crippen LogP contribution in [0, 0.1) is 0 Å². The van der Waals surface area contributed by atoms with Crippen molar-refractivity contribution in [2.75, 3.05) is 13.7 Å². The van der Waals surface area contributed by atoms with Crippen LogP contribution in [0.2, 0.25) is 0 Å². The lowest BCUT2D eigenvalue weighted by molar-refractivity contribution is 0.244. The maximum Gasteiger partial charge on any atom is 0.125 e. The lowest BCUT2D eigenvalue weighted by Crippen LogP contribution is -2.18. The molecule has 1 aliphatic rings. The predicted octanol–water partition coefficient (Wildman–Crippen LogP) is 1.61. The lowest BCUT2D eigenvalue weighted by atomic mass is 10.2. The number of hydrogen-bond donors (Lipinski definition) is 1. The minimum atomic E-state index is 0.404. The summed E-state index contributed by atoms with van der Waals surface area (Å²) in [6.45, 7) is 0.404. The van der Waals surface area contributed by atoms with Crippen LogP contribution >= 0.6 is 0 Å². The Morgan fingerprint density at radius 2 is 2.54 bits per heavy atom. The lowest BCUT2D eigenvalue weighted by Gasteiger charge is -2.01. The van der Waals surface area contributed by atoms with Crippen LogP contribution in [0.25, 0.3) is 0 Å². The average molecular weight is 180 g/mol. The fraction of sp³-hybridized carbons (Fsp3) is 0.500. The van der Waals surface area contributed by atoms with Gasteiger partial charge < -0.3 is 10.5 Å². The predicted molar refractivity (Wildman–Crippen MR) is 54.6 cm³/mol. The highest BCUT2D eigenvalue weighted by molar-refractivity contribution is 5.82. The zero-order valence-corrected chi connectivity index (χ0v) is 7.99. The van der Waals surface area contributed by atoms with E-state index in [1.807, 2.05) is 12.2 Å². The summed E-state index contributed by atoms with van der Waals surface area (Å²) in [5.41, 5.74) is 6.67. The Hall–Kier alpha value is -1.09. The molecule has 3 heteroatoms. The Balaban J connectivity index is 2.55. The average Bonchev–Trinajstić information content (AvgIpc) is 2.33. The molecule has 0 amide bonds. The number of allylic oxidation sites excluding steroid dienone is 4. The molecule has 0 radical (unpaired) electrons. The van der Waals surface area contributed by atoms with Crippen LogP contribution in [-0.4, -0.2) is 19.6 Å². The largest absolute Gasteiger partial charge is 0.385 e. The third kappa shape index (κ3) is 3.90. The summed E-state index contributed by atoms with van der Waals surface area (Å²) in [5, 5.41) is 0. The molecule has 0 unspecified atom stereocenters. The fourth-order valence-electron chi connectivity index (χ4n) is 1.22. The molecular formula is C10H16N2O. The first-order valence-corrected chi connectivity index (χ1v) is 4.50. The van der Waals surface area contributed by atoms with Gasteiger partial charge in [-0.25, -0.2) is 4.99 Å². The van der Waals surface area contributed by atoms with E-state index in [1.165, 1.54) is 0 Å². The summed E-state index contributed by atoms with van der Waals surface area (Å²) in [6, 6.07) is 0. The first kappa shape index (κ1) is 9.99.